The molecule has 0 atom stereocenters. The summed E-state index contributed by atoms with van der Waals surface area (Å²) in [6.45, 7) is 6.90. The van der Waals surface area contributed by atoms with Crippen LogP contribution in [0.15, 0.2) is 49.1 Å². The van der Waals surface area contributed by atoms with Gasteiger partial charge in [0.2, 0.25) is 0 Å². The molecule has 0 fully saturated rings. The van der Waals surface area contributed by atoms with E-state index in [-0.39, 0.29) is 0 Å². The van der Waals surface area contributed by atoms with Crippen LogP contribution in [-0.4, -0.2) is 0 Å². The topological polar surface area (TPSA) is 7.76 Å². The Hall–Kier alpha value is -1.70. The molecule has 0 N–H and O–H groups in total. The van der Waals surface area contributed by atoms with Gasteiger partial charge in [0, 0.05) is 37.1 Å². The maximum Gasteiger partial charge on any atom is 0.169 e. The maximum atomic E-state index is 2.37. The molecule has 2 heteroatoms. The van der Waals surface area contributed by atoms with E-state index in [0.717, 1.165) is 13.1 Å². The van der Waals surface area contributed by atoms with Crippen molar-refractivity contribution >= 4 is 0 Å². The molecule has 0 aromatic carbocycles. The van der Waals surface area contributed by atoms with Gasteiger partial charge in [0.05, 0.1) is 0 Å². The molecule has 0 unspecified atom stereocenters. The van der Waals surface area contributed by atoms with Crippen LogP contribution in [0.4, 0.5) is 0 Å². The molecule has 2 rings (SSSR count). The van der Waals surface area contributed by atoms with Gasteiger partial charge in [-0.2, -0.15) is 0 Å². The maximum absolute atomic E-state index is 2.37. The molecule has 298 valence electrons. The molecule has 2 aromatic heterocycles. The van der Waals surface area contributed by atoms with Crippen LogP contribution in [0.5, 0.6) is 0 Å². The summed E-state index contributed by atoms with van der Waals surface area (Å²) in [6, 6.07) is 9.19. The van der Waals surface area contributed by atoms with Crippen molar-refractivity contribution in [2.24, 2.45) is 0 Å². The van der Waals surface area contributed by atoms with Gasteiger partial charge < -0.3 is 0 Å². The van der Waals surface area contributed by atoms with Crippen LogP contribution in [0.1, 0.15) is 245 Å². The minimum absolute atomic E-state index is 1.15. The number of rotatable bonds is 39. The molecule has 2 aromatic rings. The van der Waals surface area contributed by atoms with E-state index in [2.05, 4.69) is 72.0 Å². The number of hydrogen-bond acceptors (Lipinski definition) is 0. The van der Waals surface area contributed by atoms with Gasteiger partial charge in [-0.1, -0.05) is 219 Å². The van der Waals surface area contributed by atoms with Crippen molar-refractivity contribution in [2.75, 3.05) is 0 Å². The fourth-order valence-electron chi connectivity index (χ4n) is 7.99. The summed E-state index contributed by atoms with van der Waals surface area (Å²) in [6.07, 6.45) is 60.8. The van der Waals surface area contributed by atoms with Crippen LogP contribution >= 0.6 is 0 Å². The Morgan fingerprint density at radius 2 is 0.423 bits per heavy atom. The van der Waals surface area contributed by atoms with Gasteiger partial charge in [0.25, 0.3) is 0 Å². The molecule has 0 aliphatic heterocycles. The number of aromatic nitrogens is 2. The van der Waals surface area contributed by atoms with Gasteiger partial charge in [-0.05, 0) is 24.0 Å². The SMILES string of the molecule is CCCCCCCCCCCCCCCCCCCC[n+]1ccc(-c2cc[n+](CCCCCCCCCCCCCCCCCCCC)cc2)cc1. The Bertz CT molecular complexity index is 899. The standard InChI is InChI=1S/C50H90N2/c1-3-5-7-9-11-13-15-17-19-21-23-25-27-29-31-33-35-37-43-51-45-39-49(40-46-51)50-41-47-52(48-42-50)44-38-36-34-32-30-28-26-24-22-20-18-16-14-12-10-8-6-4-2/h39-42,45-48H,3-38,43-44H2,1-2H3/q+2. The lowest BCUT2D eigenvalue weighted by atomic mass is 10.0. The van der Waals surface area contributed by atoms with E-state index in [1.165, 1.54) is 242 Å². The third-order valence-electron chi connectivity index (χ3n) is 11.7. The summed E-state index contributed by atoms with van der Waals surface area (Å²) >= 11 is 0. The van der Waals surface area contributed by atoms with Crippen molar-refractivity contribution in [3.05, 3.63) is 49.1 Å². The van der Waals surface area contributed by atoms with Gasteiger partial charge >= 0.3 is 0 Å². The molecule has 0 saturated carbocycles. The molecule has 2 heterocycles. The fraction of sp³-hybridized carbons (Fsp3) is 0.800. The molecule has 52 heavy (non-hydrogen) atoms. The van der Waals surface area contributed by atoms with E-state index < -0.39 is 0 Å². The molecular weight excluding hydrogens is 629 g/mol. The molecule has 0 saturated heterocycles. The van der Waals surface area contributed by atoms with Crippen molar-refractivity contribution in [1.82, 2.24) is 0 Å². The van der Waals surface area contributed by atoms with Crippen LogP contribution in [-0.2, 0) is 13.1 Å². The molecule has 0 amide bonds. The van der Waals surface area contributed by atoms with Gasteiger partial charge in [-0.3, -0.25) is 0 Å². The summed E-state index contributed by atoms with van der Waals surface area (Å²) in [5.41, 5.74) is 2.66. The van der Waals surface area contributed by atoms with Crippen molar-refractivity contribution in [1.29, 1.82) is 0 Å². The summed E-state index contributed by atoms with van der Waals surface area (Å²) in [5, 5.41) is 0. The second kappa shape index (κ2) is 36.3. The predicted molar refractivity (Wildman–Crippen MR) is 230 cm³/mol. The predicted octanol–water partition coefficient (Wildman–Crippen LogP) is 16.0. The van der Waals surface area contributed by atoms with Crippen molar-refractivity contribution in [2.45, 2.75) is 258 Å². The van der Waals surface area contributed by atoms with Gasteiger partial charge in [-0.25, -0.2) is 9.13 Å². The van der Waals surface area contributed by atoms with Gasteiger partial charge in [-0.15, -0.1) is 0 Å². The minimum atomic E-state index is 1.15. The molecule has 0 aliphatic carbocycles. The molecule has 0 spiro atoms. The number of nitrogens with zero attached hydrogens (tertiary/aromatic N) is 2. The van der Waals surface area contributed by atoms with Gasteiger partial charge in [0.15, 0.2) is 24.8 Å². The fourth-order valence-corrected chi connectivity index (χ4v) is 7.99. The summed E-state index contributed by atoms with van der Waals surface area (Å²) in [4.78, 5) is 0. The molecule has 2 nitrogen and oxygen atoms in total. The molecular formula is C50H90N2+2. The van der Waals surface area contributed by atoms with Crippen molar-refractivity contribution < 1.29 is 9.13 Å². The molecule has 0 radical (unpaired) electrons. The Morgan fingerprint density at radius 1 is 0.250 bits per heavy atom. The van der Waals surface area contributed by atoms with Crippen molar-refractivity contribution in [3.63, 3.8) is 0 Å². The highest BCUT2D eigenvalue weighted by atomic mass is 14.9. The van der Waals surface area contributed by atoms with E-state index >= 15 is 0 Å². The van der Waals surface area contributed by atoms with Crippen LogP contribution in [0.2, 0.25) is 0 Å². The highest BCUT2D eigenvalue weighted by molar-refractivity contribution is 5.60. The average molecular weight is 719 g/mol. The first kappa shape index (κ1) is 46.5. The van der Waals surface area contributed by atoms with E-state index in [4.69, 9.17) is 0 Å². The Balaban J connectivity index is 1.36. The summed E-state index contributed by atoms with van der Waals surface area (Å²) in [5.74, 6) is 0. The summed E-state index contributed by atoms with van der Waals surface area (Å²) < 4.78 is 4.75. The van der Waals surface area contributed by atoms with Crippen molar-refractivity contribution in [3.8, 4) is 11.1 Å². The first-order valence-electron chi connectivity index (χ1n) is 23.8. The smallest absolute Gasteiger partial charge is 0.169 e. The monoisotopic (exact) mass is 719 g/mol. The van der Waals surface area contributed by atoms with Crippen LogP contribution < -0.4 is 9.13 Å². The number of pyridine rings is 2. The third-order valence-corrected chi connectivity index (χ3v) is 11.7. The van der Waals surface area contributed by atoms with E-state index in [1.54, 1.807) is 0 Å². The lowest BCUT2D eigenvalue weighted by Gasteiger charge is -2.04. The minimum Gasteiger partial charge on any atom is -0.205 e. The second-order valence-corrected chi connectivity index (χ2v) is 16.7. The quantitative estimate of drug-likeness (QED) is 0.0480. The zero-order valence-corrected chi connectivity index (χ0v) is 35.4. The van der Waals surface area contributed by atoms with Crippen LogP contribution in [0.25, 0.3) is 11.1 Å². The Morgan fingerprint density at radius 3 is 0.615 bits per heavy atom. The number of unbranched alkanes of at least 4 members (excludes halogenated alkanes) is 34. The lowest BCUT2D eigenvalue weighted by molar-refractivity contribution is -0.697. The second-order valence-electron chi connectivity index (χ2n) is 16.7. The first-order valence-corrected chi connectivity index (χ1v) is 23.8. The average Bonchev–Trinajstić information content (AvgIpc) is 3.17. The van der Waals surface area contributed by atoms with Crippen LogP contribution in [0.3, 0.4) is 0 Å². The van der Waals surface area contributed by atoms with E-state index in [9.17, 15) is 0 Å². The molecule has 0 aliphatic rings. The highest BCUT2D eigenvalue weighted by Gasteiger charge is 2.06. The first-order chi connectivity index (χ1) is 25.8. The highest BCUT2D eigenvalue weighted by Crippen LogP contribution is 2.18. The largest absolute Gasteiger partial charge is 0.205 e. The van der Waals surface area contributed by atoms with Gasteiger partial charge in [0.1, 0.15) is 13.1 Å². The zero-order chi connectivity index (χ0) is 36.8. The number of aryl methyl sites for hydroxylation is 2. The van der Waals surface area contributed by atoms with Crippen LogP contribution in [0, 0.1) is 0 Å². The zero-order valence-electron chi connectivity index (χ0n) is 35.4. The molecule has 0 bridgehead atoms. The van der Waals surface area contributed by atoms with E-state index in [0.29, 0.717) is 0 Å². The normalized spacial score (nSPS) is 11.5. The lowest BCUT2D eigenvalue weighted by Crippen LogP contribution is -2.33. The van der Waals surface area contributed by atoms with E-state index in [1.807, 2.05) is 0 Å². The third kappa shape index (κ3) is 27.8. The Labute approximate surface area is 326 Å². The summed E-state index contributed by atoms with van der Waals surface area (Å²) in [7, 11) is 0. The Kier molecular flexibility index (Phi) is 32.4. The number of hydrogen-bond donors (Lipinski definition) is 0.